The zero-order valence-electron chi connectivity index (χ0n) is 34.0. The summed E-state index contributed by atoms with van der Waals surface area (Å²) in [7, 11) is 0. The Kier molecular flexibility index (Phi) is 8.53. The minimum absolute atomic E-state index is 1.11. The number of benzene rings is 12. The lowest BCUT2D eigenvalue weighted by atomic mass is 9.98. The number of rotatable bonds is 7. The summed E-state index contributed by atoms with van der Waals surface area (Å²) < 4.78 is 0. The van der Waals surface area contributed by atoms with Crippen LogP contribution in [-0.4, -0.2) is 0 Å². The van der Waals surface area contributed by atoms with Crippen LogP contribution >= 0.6 is 0 Å². The zero-order chi connectivity index (χ0) is 41.0. The number of nitrogens with zero attached hydrogens (tertiary/aromatic N) is 2. The van der Waals surface area contributed by atoms with Gasteiger partial charge in [0.15, 0.2) is 0 Å². The van der Waals surface area contributed by atoms with Crippen LogP contribution in [0.2, 0.25) is 0 Å². The first-order valence-electron chi connectivity index (χ1n) is 21.3. The van der Waals surface area contributed by atoms with Crippen LogP contribution < -0.4 is 9.80 Å². The molecule has 0 radical (unpaired) electrons. The second kappa shape index (κ2) is 14.8. The Morgan fingerprint density at radius 1 is 0.194 bits per heavy atom. The van der Waals surface area contributed by atoms with Crippen LogP contribution in [0.4, 0.5) is 34.1 Å². The summed E-state index contributed by atoms with van der Waals surface area (Å²) in [6.07, 6.45) is 0. The summed E-state index contributed by atoms with van der Waals surface area (Å²) in [6.45, 7) is 0. The molecule has 0 aliphatic carbocycles. The highest BCUT2D eigenvalue weighted by molar-refractivity contribution is 6.11. The van der Waals surface area contributed by atoms with Crippen molar-refractivity contribution in [2.75, 3.05) is 9.80 Å². The van der Waals surface area contributed by atoms with Gasteiger partial charge in [-0.3, -0.25) is 0 Å². The second-order valence-corrected chi connectivity index (χ2v) is 16.2. The lowest BCUT2D eigenvalue weighted by Gasteiger charge is -2.27. The van der Waals surface area contributed by atoms with E-state index in [9.17, 15) is 0 Å². The van der Waals surface area contributed by atoms with Crippen molar-refractivity contribution in [2.24, 2.45) is 0 Å². The Morgan fingerprint density at radius 3 is 0.855 bits per heavy atom. The van der Waals surface area contributed by atoms with Crippen LogP contribution in [0.1, 0.15) is 0 Å². The second-order valence-electron chi connectivity index (χ2n) is 16.2. The average Bonchev–Trinajstić information content (AvgIpc) is 3.33. The van der Waals surface area contributed by atoms with Crippen molar-refractivity contribution in [3.63, 3.8) is 0 Å². The van der Waals surface area contributed by atoms with Gasteiger partial charge < -0.3 is 9.80 Å². The largest absolute Gasteiger partial charge is 0.310 e. The lowest BCUT2D eigenvalue weighted by molar-refractivity contribution is 1.29. The van der Waals surface area contributed by atoms with Crippen LogP contribution in [-0.2, 0) is 0 Å². The van der Waals surface area contributed by atoms with Gasteiger partial charge in [0.05, 0.1) is 11.4 Å². The molecular weight excluding hydrogens is 749 g/mol. The predicted molar refractivity (Wildman–Crippen MR) is 266 cm³/mol. The molecule has 290 valence electrons. The van der Waals surface area contributed by atoms with E-state index in [0.717, 1.165) is 34.1 Å². The molecule has 0 aliphatic heterocycles. The van der Waals surface area contributed by atoms with E-state index in [-0.39, 0.29) is 0 Å². The van der Waals surface area contributed by atoms with Crippen molar-refractivity contribution in [1.82, 2.24) is 0 Å². The number of anilines is 6. The molecule has 2 heteroatoms. The van der Waals surface area contributed by atoms with E-state index >= 15 is 0 Å². The number of fused-ring (bicyclic) bond motifs is 6. The van der Waals surface area contributed by atoms with Gasteiger partial charge in [0, 0.05) is 33.5 Å². The standard InChI is InChI=1S/C60H40N2/c1-3-19-53(20-4-1)61(59-23-11-17-47-37-49-33-43-13-7-9-15-45(43)35-51(49)39-57(47)59)55-29-25-41(26-30-55)42-27-31-56(32-28-42)62(54-21-5-2-6-22-54)60-24-12-18-48-38-50-34-44-14-8-10-16-46(44)36-52(50)40-58(48)60/h1-40H. The monoisotopic (exact) mass is 788 g/mol. The molecule has 0 spiro atoms. The smallest absolute Gasteiger partial charge is 0.0540 e. The van der Waals surface area contributed by atoms with E-state index in [1.807, 2.05) is 0 Å². The molecule has 0 bridgehead atoms. The average molecular weight is 789 g/mol. The minimum atomic E-state index is 1.11. The Morgan fingerprint density at radius 2 is 0.484 bits per heavy atom. The van der Waals surface area contributed by atoms with Gasteiger partial charge in [-0.2, -0.15) is 0 Å². The summed E-state index contributed by atoms with van der Waals surface area (Å²) in [4.78, 5) is 4.77. The predicted octanol–water partition coefficient (Wildman–Crippen LogP) is 17.2. The van der Waals surface area contributed by atoms with Crippen molar-refractivity contribution in [3.8, 4) is 11.1 Å². The fraction of sp³-hybridized carbons (Fsp3) is 0. The highest BCUT2D eigenvalue weighted by atomic mass is 15.1. The van der Waals surface area contributed by atoms with E-state index in [1.54, 1.807) is 0 Å². The van der Waals surface area contributed by atoms with Crippen LogP contribution in [0.3, 0.4) is 0 Å². The number of hydrogen-bond acceptors (Lipinski definition) is 2. The fourth-order valence-corrected chi connectivity index (χ4v) is 9.41. The third-order valence-electron chi connectivity index (χ3n) is 12.5. The maximum absolute atomic E-state index is 2.38. The van der Waals surface area contributed by atoms with Gasteiger partial charge >= 0.3 is 0 Å². The first-order valence-corrected chi connectivity index (χ1v) is 21.3. The van der Waals surface area contributed by atoms with E-state index in [0.29, 0.717) is 0 Å². The molecule has 0 amide bonds. The minimum Gasteiger partial charge on any atom is -0.310 e. The topological polar surface area (TPSA) is 6.48 Å². The summed E-state index contributed by atoms with van der Waals surface area (Å²) >= 11 is 0. The Labute approximate surface area is 360 Å². The molecule has 62 heavy (non-hydrogen) atoms. The number of hydrogen-bond donors (Lipinski definition) is 0. The number of para-hydroxylation sites is 2. The normalized spacial score (nSPS) is 11.5. The van der Waals surface area contributed by atoms with E-state index in [2.05, 4.69) is 252 Å². The van der Waals surface area contributed by atoms with E-state index < -0.39 is 0 Å². The fourth-order valence-electron chi connectivity index (χ4n) is 9.41. The highest BCUT2D eigenvalue weighted by Crippen LogP contribution is 2.43. The molecule has 0 unspecified atom stereocenters. The van der Waals surface area contributed by atoms with Crippen molar-refractivity contribution in [2.45, 2.75) is 0 Å². The summed E-state index contributed by atoms with van der Waals surface area (Å²) in [5.74, 6) is 0. The quantitative estimate of drug-likeness (QED) is 0.148. The molecule has 0 heterocycles. The Bertz CT molecular complexity index is 3370. The molecule has 0 N–H and O–H groups in total. The van der Waals surface area contributed by atoms with Gasteiger partial charge in [0.1, 0.15) is 0 Å². The van der Waals surface area contributed by atoms with Crippen molar-refractivity contribution >= 4 is 98.8 Å². The maximum Gasteiger partial charge on any atom is 0.0540 e. The lowest BCUT2D eigenvalue weighted by Crippen LogP contribution is -2.10. The van der Waals surface area contributed by atoms with Crippen LogP contribution in [0, 0.1) is 0 Å². The van der Waals surface area contributed by atoms with Gasteiger partial charge in [-0.05, 0) is 174 Å². The molecule has 0 fully saturated rings. The molecule has 2 nitrogen and oxygen atoms in total. The molecule has 0 saturated heterocycles. The highest BCUT2D eigenvalue weighted by Gasteiger charge is 2.18. The molecule has 12 aromatic carbocycles. The van der Waals surface area contributed by atoms with Crippen LogP contribution in [0.25, 0.3) is 75.8 Å². The molecule has 0 aromatic heterocycles. The molecule has 12 aromatic rings. The molecule has 0 aliphatic rings. The summed E-state index contributed by atoms with van der Waals surface area (Å²) in [5.41, 5.74) is 9.08. The van der Waals surface area contributed by atoms with Gasteiger partial charge in [-0.1, -0.05) is 133 Å². The molecule has 12 rings (SSSR count). The SMILES string of the molecule is c1ccc(N(c2ccc(-c3ccc(N(c4ccccc4)c4cccc5cc6cc7ccccc7cc6cc45)cc3)cc2)c2cccc3cc4cc5ccccc5cc4cc23)cc1. The van der Waals surface area contributed by atoms with E-state index in [1.165, 1.54) is 75.8 Å². The zero-order valence-corrected chi connectivity index (χ0v) is 34.0. The van der Waals surface area contributed by atoms with Gasteiger partial charge in [0.25, 0.3) is 0 Å². The first kappa shape index (κ1) is 35.7. The van der Waals surface area contributed by atoms with E-state index in [4.69, 9.17) is 0 Å². The van der Waals surface area contributed by atoms with Crippen molar-refractivity contribution in [3.05, 3.63) is 243 Å². The van der Waals surface area contributed by atoms with Gasteiger partial charge in [0.2, 0.25) is 0 Å². The van der Waals surface area contributed by atoms with Crippen molar-refractivity contribution < 1.29 is 0 Å². The van der Waals surface area contributed by atoms with Gasteiger partial charge in [-0.25, -0.2) is 0 Å². The molecule has 0 atom stereocenters. The summed E-state index contributed by atoms with van der Waals surface area (Å²) in [6, 6.07) is 88.6. The summed E-state index contributed by atoms with van der Waals surface area (Å²) in [5, 5.41) is 14.9. The maximum atomic E-state index is 2.38. The first-order chi connectivity index (χ1) is 30.7. The Hall–Kier alpha value is -8.20. The van der Waals surface area contributed by atoms with Crippen LogP contribution in [0.15, 0.2) is 243 Å². The molecule has 0 saturated carbocycles. The van der Waals surface area contributed by atoms with Gasteiger partial charge in [-0.15, -0.1) is 0 Å². The molecular formula is C60H40N2. The third-order valence-corrected chi connectivity index (χ3v) is 12.5. The van der Waals surface area contributed by atoms with Crippen LogP contribution in [0.5, 0.6) is 0 Å². The Balaban J connectivity index is 0.918. The third kappa shape index (κ3) is 6.29. The van der Waals surface area contributed by atoms with Crippen molar-refractivity contribution in [1.29, 1.82) is 0 Å².